The highest BCUT2D eigenvalue weighted by Crippen LogP contribution is 2.54. The molecule has 0 N–H and O–H groups in total. The summed E-state index contributed by atoms with van der Waals surface area (Å²) in [7, 11) is 0. The fourth-order valence-corrected chi connectivity index (χ4v) is 4.18. The average Bonchev–Trinajstić information content (AvgIpc) is 2.68. The maximum Gasteiger partial charge on any atom is 0.405 e. The average molecular weight is 389 g/mol. The van der Waals surface area contributed by atoms with Crippen LogP contribution in [0.3, 0.4) is 0 Å². The molecule has 0 heterocycles. The molecule has 2 aromatic rings. The summed E-state index contributed by atoms with van der Waals surface area (Å²) in [4.78, 5) is 22.4. The molecular formula is C21H18F3NO3. The van der Waals surface area contributed by atoms with Gasteiger partial charge in [0.2, 0.25) is 6.04 Å². The lowest BCUT2D eigenvalue weighted by molar-refractivity contribution is -0.553. The Morgan fingerprint density at radius 2 is 1.64 bits per heavy atom. The van der Waals surface area contributed by atoms with Crippen LogP contribution in [0.2, 0.25) is 0 Å². The van der Waals surface area contributed by atoms with Gasteiger partial charge in [0.15, 0.2) is 5.41 Å². The van der Waals surface area contributed by atoms with Crippen molar-refractivity contribution in [2.75, 3.05) is 0 Å². The third-order valence-electron chi connectivity index (χ3n) is 5.41. The first-order valence-electron chi connectivity index (χ1n) is 8.78. The van der Waals surface area contributed by atoms with E-state index in [9.17, 15) is 28.1 Å². The van der Waals surface area contributed by atoms with E-state index in [0.717, 1.165) is 0 Å². The van der Waals surface area contributed by atoms with Crippen LogP contribution in [0.5, 0.6) is 0 Å². The minimum absolute atomic E-state index is 0.163. The number of benzene rings is 2. The number of nitro groups is 1. The summed E-state index contributed by atoms with van der Waals surface area (Å²) in [5, 5.41) is 12.0. The van der Waals surface area contributed by atoms with Gasteiger partial charge in [0.1, 0.15) is 6.29 Å². The van der Waals surface area contributed by atoms with Crippen LogP contribution in [-0.4, -0.2) is 23.4 Å². The molecule has 3 rings (SSSR count). The van der Waals surface area contributed by atoms with Crippen molar-refractivity contribution < 1.29 is 22.9 Å². The molecule has 0 unspecified atom stereocenters. The predicted octanol–water partition coefficient (Wildman–Crippen LogP) is 4.82. The number of carbonyl (C=O) groups is 1. The van der Waals surface area contributed by atoms with Crippen LogP contribution in [-0.2, 0) is 10.2 Å². The third-order valence-corrected chi connectivity index (χ3v) is 5.41. The molecule has 7 heteroatoms. The Labute approximate surface area is 159 Å². The highest BCUT2D eigenvalue weighted by atomic mass is 19.4. The Bertz CT molecular complexity index is 881. The summed E-state index contributed by atoms with van der Waals surface area (Å²) < 4.78 is 43.2. The van der Waals surface area contributed by atoms with Crippen molar-refractivity contribution in [3.8, 4) is 0 Å². The van der Waals surface area contributed by atoms with Crippen LogP contribution in [0.1, 0.15) is 24.0 Å². The van der Waals surface area contributed by atoms with E-state index in [1.165, 1.54) is 30.3 Å². The Balaban J connectivity index is 2.28. The van der Waals surface area contributed by atoms with Gasteiger partial charge in [-0.1, -0.05) is 66.7 Å². The van der Waals surface area contributed by atoms with Crippen LogP contribution in [0.25, 0.3) is 5.57 Å². The second-order valence-electron chi connectivity index (χ2n) is 6.80. The molecule has 146 valence electrons. The van der Waals surface area contributed by atoms with Crippen LogP contribution >= 0.6 is 0 Å². The fourth-order valence-electron chi connectivity index (χ4n) is 4.18. The summed E-state index contributed by atoms with van der Waals surface area (Å²) >= 11 is 0. The van der Waals surface area contributed by atoms with Gasteiger partial charge < -0.3 is 4.79 Å². The quantitative estimate of drug-likeness (QED) is 0.418. The first-order chi connectivity index (χ1) is 13.3. The molecule has 4 nitrogen and oxygen atoms in total. The maximum atomic E-state index is 14.4. The molecule has 0 spiro atoms. The van der Waals surface area contributed by atoms with Crippen molar-refractivity contribution in [2.24, 2.45) is 5.92 Å². The van der Waals surface area contributed by atoms with Crippen LogP contribution in [0.15, 0.2) is 66.7 Å². The minimum Gasteiger partial charge on any atom is -0.303 e. The number of hydrogen-bond acceptors (Lipinski definition) is 3. The molecule has 0 radical (unpaired) electrons. The van der Waals surface area contributed by atoms with Crippen molar-refractivity contribution >= 4 is 11.9 Å². The number of allylic oxidation sites excluding steroid dienone is 1. The number of rotatable bonds is 5. The van der Waals surface area contributed by atoms with Crippen LogP contribution in [0, 0.1) is 16.0 Å². The molecule has 28 heavy (non-hydrogen) atoms. The first-order valence-corrected chi connectivity index (χ1v) is 8.78. The predicted molar refractivity (Wildman–Crippen MR) is 98.2 cm³/mol. The molecule has 0 amide bonds. The van der Waals surface area contributed by atoms with Gasteiger partial charge in [-0.15, -0.1) is 0 Å². The molecular weight excluding hydrogens is 371 g/mol. The van der Waals surface area contributed by atoms with E-state index in [0.29, 0.717) is 17.4 Å². The largest absolute Gasteiger partial charge is 0.405 e. The van der Waals surface area contributed by atoms with E-state index >= 15 is 0 Å². The van der Waals surface area contributed by atoms with Gasteiger partial charge in [0, 0.05) is 11.3 Å². The molecule has 0 aliphatic heterocycles. The highest BCUT2D eigenvalue weighted by molar-refractivity contribution is 5.72. The third kappa shape index (κ3) is 3.21. The zero-order chi connectivity index (χ0) is 20.4. The van der Waals surface area contributed by atoms with E-state index in [1.54, 1.807) is 36.4 Å². The van der Waals surface area contributed by atoms with Crippen molar-refractivity contribution in [3.63, 3.8) is 0 Å². The van der Waals surface area contributed by atoms with E-state index < -0.39 is 34.9 Å². The smallest absolute Gasteiger partial charge is 0.303 e. The molecule has 0 saturated carbocycles. The summed E-state index contributed by atoms with van der Waals surface area (Å²) in [6, 6.07) is 13.5. The molecule has 0 aromatic heterocycles. The summed E-state index contributed by atoms with van der Waals surface area (Å²) in [5.74, 6) is -1.19. The van der Waals surface area contributed by atoms with Crippen molar-refractivity contribution in [1.82, 2.24) is 0 Å². The van der Waals surface area contributed by atoms with Crippen molar-refractivity contribution in [2.45, 2.75) is 30.5 Å². The zero-order valence-corrected chi connectivity index (χ0v) is 14.8. The summed E-state index contributed by atoms with van der Waals surface area (Å²) in [5.41, 5.74) is -1.87. The Kier molecular flexibility index (Phi) is 5.36. The van der Waals surface area contributed by atoms with E-state index in [-0.39, 0.29) is 12.0 Å². The van der Waals surface area contributed by atoms with Crippen molar-refractivity contribution in [1.29, 1.82) is 0 Å². The second kappa shape index (κ2) is 7.58. The molecule has 2 aromatic carbocycles. The second-order valence-corrected chi connectivity index (χ2v) is 6.80. The van der Waals surface area contributed by atoms with Gasteiger partial charge in [-0.05, 0) is 23.1 Å². The van der Waals surface area contributed by atoms with Gasteiger partial charge >= 0.3 is 6.18 Å². The fraction of sp³-hybridized carbons (Fsp3) is 0.286. The van der Waals surface area contributed by atoms with Gasteiger partial charge in [0.25, 0.3) is 0 Å². The van der Waals surface area contributed by atoms with Gasteiger partial charge in [-0.2, -0.15) is 13.2 Å². The Morgan fingerprint density at radius 3 is 2.14 bits per heavy atom. The Morgan fingerprint density at radius 1 is 1.07 bits per heavy atom. The number of hydrogen-bond donors (Lipinski definition) is 0. The normalized spacial score (nSPS) is 25.0. The lowest BCUT2D eigenvalue weighted by Gasteiger charge is -2.43. The standard InChI is InChI=1S/C21H18F3NO3/c22-21(23,24)20(16-9-5-2-6-10-16)13-11-17(15-7-3-1-4-8-15)18(12-14-26)19(20)25(27)28/h1-11,14,18-19H,12-13H2/t18-,19+,20-/m0/s1. The van der Waals surface area contributed by atoms with E-state index in [1.807, 2.05) is 0 Å². The first kappa shape index (κ1) is 19.8. The molecule has 1 aliphatic rings. The summed E-state index contributed by atoms with van der Waals surface area (Å²) in [6.45, 7) is 0. The molecule has 0 fully saturated rings. The van der Waals surface area contributed by atoms with E-state index in [2.05, 4.69) is 0 Å². The SMILES string of the molecule is O=CC[C@H]1C(c2ccccc2)=CC[C@@](c2ccccc2)(C(F)(F)F)[C@@H]1[N+](=O)[O-]. The monoisotopic (exact) mass is 389 g/mol. The number of nitrogens with zero attached hydrogens (tertiary/aromatic N) is 1. The van der Waals surface area contributed by atoms with Crippen molar-refractivity contribution in [3.05, 3.63) is 88.0 Å². The van der Waals surface area contributed by atoms with Gasteiger partial charge in [-0.3, -0.25) is 10.1 Å². The minimum atomic E-state index is -4.87. The lowest BCUT2D eigenvalue weighted by Crippen LogP contribution is -2.59. The highest BCUT2D eigenvalue weighted by Gasteiger charge is 2.68. The Hall–Kier alpha value is -2.96. The number of aldehydes is 1. The number of alkyl halides is 3. The van der Waals surface area contributed by atoms with Crippen LogP contribution < -0.4 is 0 Å². The number of halogens is 3. The molecule has 0 bridgehead atoms. The van der Waals surface area contributed by atoms with Gasteiger partial charge in [0.05, 0.1) is 5.92 Å². The topological polar surface area (TPSA) is 60.2 Å². The van der Waals surface area contributed by atoms with E-state index in [4.69, 9.17) is 0 Å². The maximum absolute atomic E-state index is 14.4. The number of carbonyl (C=O) groups excluding carboxylic acids is 1. The summed E-state index contributed by atoms with van der Waals surface area (Å²) in [6.07, 6.45) is -3.94. The van der Waals surface area contributed by atoms with Gasteiger partial charge in [-0.25, -0.2) is 0 Å². The lowest BCUT2D eigenvalue weighted by atomic mass is 9.61. The molecule has 1 aliphatic carbocycles. The van der Waals surface area contributed by atoms with Crippen LogP contribution in [0.4, 0.5) is 13.2 Å². The molecule has 0 saturated heterocycles. The zero-order valence-electron chi connectivity index (χ0n) is 14.8. The molecule has 3 atom stereocenters.